The summed E-state index contributed by atoms with van der Waals surface area (Å²) in [7, 11) is 1.72. The van der Waals surface area contributed by atoms with E-state index in [1.54, 1.807) is 11.6 Å². The second-order valence-corrected chi connectivity index (χ2v) is 7.81. The van der Waals surface area contributed by atoms with E-state index in [9.17, 15) is 9.59 Å². The Morgan fingerprint density at radius 1 is 1.16 bits per heavy atom. The summed E-state index contributed by atoms with van der Waals surface area (Å²) in [4.78, 5) is 29.7. The van der Waals surface area contributed by atoms with E-state index in [0.29, 0.717) is 16.7 Å². The van der Waals surface area contributed by atoms with Crippen molar-refractivity contribution in [3.63, 3.8) is 0 Å². The van der Waals surface area contributed by atoms with Gasteiger partial charge in [0, 0.05) is 11.9 Å². The molecule has 0 unspecified atom stereocenters. The average molecular weight is 455 g/mol. The first-order valence-electron chi connectivity index (χ1n) is 10.2. The summed E-state index contributed by atoms with van der Waals surface area (Å²) < 4.78 is 12.5. The van der Waals surface area contributed by atoms with Gasteiger partial charge in [0.2, 0.25) is 12.7 Å². The van der Waals surface area contributed by atoms with Crippen molar-refractivity contribution in [2.24, 2.45) is 12.8 Å². The lowest BCUT2D eigenvalue weighted by atomic mass is 10.1. The number of nitrogens with zero attached hydrogens (tertiary/aromatic N) is 2. The molecule has 4 rings (SSSR count). The molecule has 0 fully saturated rings. The van der Waals surface area contributed by atoms with Crippen molar-refractivity contribution in [3.8, 4) is 11.5 Å². The van der Waals surface area contributed by atoms with Gasteiger partial charge in [0.1, 0.15) is 5.82 Å². The number of nitrogens with two attached hydrogens (primary N) is 1. The van der Waals surface area contributed by atoms with Crippen LogP contribution in [-0.2, 0) is 18.3 Å². The number of benzene rings is 2. The Morgan fingerprint density at radius 3 is 2.47 bits per heavy atom. The van der Waals surface area contributed by atoms with Crippen molar-refractivity contribution in [2.75, 3.05) is 12.1 Å². The number of nitrogens with one attached hydrogen (secondary N) is 1. The number of fused-ring (bicyclic) bond motifs is 1. The number of amides is 2. The number of primary amides is 1. The quantitative estimate of drug-likeness (QED) is 0.585. The summed E-state index contributed by atoms with van der Waals surface area (Å²) in [5, 5.41) is 3.29. The van der Waals surface area contributed by atoms with Gasteiger partial charge in [-0.25, -0.2) is 4.98 Å². The lowest BCUT2D eigenvalue weighted by Crippen LogP contribution is -2.20. The van der Waals surface area contributed by atoms with Crippen molar-refractivity contribution in [3.05, 3.63) is 59.3 Å². The van der Waals surface area contributed by atoms with Crippen LogP contribution in [0.3, 0.4) is 0 Å². The van der Waals surface area contributed by atoms with E-state index in [2.05, 4.69) is 10.3 Å². The number of rotatable bonds is 6. The molecule has 1 aromatic heterocycles. The number of carbonyl (C=O) groups is 2. The molecule has 0 aliphatic carbocycles. The lowest BCUT2D eigenvalue weighted by molar-refractivity contribution is -0.115. The molecule has 3 N–H and O–H groups in total. The summed E-state index contributed by atoms with van der Waals surface area (Å²) in [5.74, 6) is 0.647. The van der Waals surface area contributed by atoms with Crippen LogP contribution in [0.15, 0.2) is 52.5 Å². The third kappa shape index (κ3) is 5.05. The summed E-state index contributed by atoms with van der Waals surface area (Å²) in [6, 6.07) is 13.1. The topological polar surface area (TPSA) is 108 Å². The van der Waals surface area contributed by atoms with Gasteiger partial charge in [-0.3, -0.25) is 9.59 Å². The highest BCUT2D eigenvalue weighted by atomic mass is 32.2. The molecular formula is C23H26N4O4S. The van der Waals surface area contributed by atoms with Crippen molar-refractivity contribution >= 4 is 29.4 Å². The van der Waals surface area contributed by atoms with Crippen molar-refractivity contribution in [2.45, 2.75) is 37.2 Å². The number of aryl methyl sites for hydroxylation is 1. The fraction of sp³-hybridized carbons (Fsp3) is 0.261. The van der Waals surface area contributed by atoms with Gasteiger partial charge < -0.3 is 25.1 Å². The molecule has 2 heterocycles. The molecule has 0 atom stereocenters. The SMILES string of the molecule is CC.Cc1cc2c(cc1Sc1nc(C(N)=O)c(NC(=O)Cc3ccccc3)n1C)OCO2. The van der Waals surface area contributed by atoms with Crippen LogP contribution in [0.25, 0.3) is 0 Å². The molecule has 0 saturated carbocycles. The Labute approximate surface area is 191 Å². The highest BCUT2D eigenvalue weighted by molar-refractivity contribution is 7.99. The van der Waals surface area contributed by atoms with Crippen LogP contribution in [0, 0.1) is 6.92 Å². The molecule has 2 amide bonds. The highest BCUT2D eigenvalue weighted by Gasteiger charge is 2.23. The van der Waals surface area contributed by atoms with Gasteiger partial charge in [-0.05, 0) is 30.2 Å². The minimum atomic E-state index is -0.713. The van der Waals surface area contributed by atoms with E-state index in [1.165, 1.54) is 11.8 Å². The molecule has 1 aliphatic rings. The van der Waals surface area contributed by atoms with Gasteiger partial charge in [-0.15, -0.1) is 0 Å². The van der Waals surface area contributed by atoms with Crippen molar-refractivity contribution in [1.82, 2.24) is 9.55 Å². The smallest absolute Gasteiger partial charge is 0.271 e. The number of hydrogen-bond donors (Lipinski definition) is 2. The van der Waals surface area contributed by atoms with E-state index in [0.717, 1.165) is 16.0 Å². The van der Waals surface area contributed by atoms with Crippen molar-refractivity contribution < 1.29 is 19.1 Å². The normalized spacial score (nSPS) is 11.5. The first-order valence-corrected chi connectivity index (χ1v) is 11.0. The molecule has 0 spiro atoms. The number of ether oxygens (including phenoxy) is 2. The molecule has 3 aromatic rings. The van der Waals surface area contributed by atoms with Crippen LogP contribution in [0.5, 0.6) is 11.5 Å². The molecule has 2 aromatic carbocycles. The number of hydrogen-bond acceptors (Lipinski definition) is 6. The Bertz CT molecular complexity index is 1130. The van der Waals surface area contributed by atoms with E-state index >= 15 is 0 Å². The van der Waals surface area contributed by atoms with E-state index in [4.69, 9.17) is 15.2 Å². The minimum absolute atomic E-state index is 0.0137. The standard InChI is InChI=1S/C21H20N4O4S.C2H6/c1-12-8-14-15(29-11-28-14)10-16(12)30-21-24-18(19(22)27)20(25(21)2)23-17(26)9-13-6-4-3-5-7-13;1-2/h3-8,10H,9,11H2,1-2H3,(H2,22,27)(H,23,26);1-2H3. The Kier molecular flexibility index (Phi) is 7.42. The monoisotopic (exact) mass is 454 g/mol. The molecular weight excluding hydrogens is 428 g/mol. The lowest BCUT2D eigenvalue weighted by Gasteiger charge is -2.10. The zero-order chi connectivity index (χ0) is 23.3. The number of anilines is 1. The third-order valence-corrected chi connectivity index (χ3v) is 5.83. The zero-order valence-electron chi connectivity index (χ0n) is 18.5. The number of aromatic nitrogens is 2. The first-order chi connectivity index (χ1) is 15.4. The van der Waals surface area contributed by atoms with Gasteiger partial charge in [0.15, 0.2) is 22.3 Å². The van der Waals surface area contributed by atoms with Gasteiger partial charge in [-0.1, -0.05) is 55.9 Å². The molecule has 1 aliphatic heterocycles. The largest absolute Gasteiger partial charge is 0.454 e. The molecule has 9 heteroatoms. The van der Waals surface area contributed by atoms with E-state index in [-0.39, 0.29) is 30.6 Å². The molecule has 0 radical (unpaired) electrons. The Balaban J connectivity index is 0.00000141. The first kappa shape index (κ1) is 23.2. The summed E-state index contributed by atoms with van der Waals surface area (Å²) in [6.45, 7) is 6.14. The van der Waals surface area contributed by atoms with Crippen LogP contribution in [-0.4, -0.2) is 28.2 Å². The molecule has 32 heavy (non-hydrogen) atoms. The predicted molar refractivity (Wildman–Crippen MR) is 123 cm³/mol. The van der Waals surface area contributed by atoms with Crippen LogP contribution in [0.1, 0.15) is 35.5 Å². The second kappa shape index (κ2) is 10.2. The summed E-state index contributed by atoms with van der Waals surface area (Å²) >= 11 is 1.35. The van der Waals surface area contributed by atoms with Crippen LogP contribution >= 0.6 is 11.8 Å². The molecule has 0 bridgehead atoms. The number of imidazole rings is 1. The minimum Gasteiger partial charge on any atom is -0.454 e. The Hall–Kier alpha value is -3.46. The van der Waals surface area contributed by atoms with Crippen LogP contribution < -0.4 is 20.5 Å². The van der Waals surface area contributed by atoms with Crippen LogP contribution in [0.2, 0.25) is 0 Å². The van der Waals surface area contributed by atoms with Gasteiger partial charge in [0.05, 0.1) is 6.42 Å². The molecule has 168 valence electrons. The van der Waals surface area contributed by atoms with Gasteiger partial charge in [0.25, 0.3) is 5.91 Å². The predicted octanol–water partition coefficient (Wildman–Crippen LogP) is 3.91. The summed E-state index contributed by atoms with van der Waals surface area (Å²) in [5.41, 5.74) is 7.36. The number of carbonyl (C=O) groups excluding carboxylic acids is 2. The third-order valence-electron chi connectivity index (χ3n) is 4.62. The van der Waals surface area contributed by atoms with E-state index in [1.807, 2.05) is 63.2 Å². The fourth-order valence-corrected chi connectivity index (χ4v) is 4.02. The van der Waals surface area contributed by atoms with E-state index < -0.39 is 5.91 Å². The summed E-state index contributed by atoms with van der Waals surface area (Å²) in [6.07, 6.45) is 0.175. The maximum absolute atomic E-state index is 12.5. The second-order valence-electron chi connectivity index (χ2n) is 6.80. The highest BCUT2D eigenvalue weighted by Crippen LogP contribution is 2.40. The fourth-order valence-electron chi connectivity index (χ4n) is 3.07. The van der Waals surface area contributed by atoms with Crippen LogP contribution in [0.4, 0.5) is 5.82 Å². The Morgan fingerprint density at radius 2 is 1.81 bits per heavy atom. The molecule has 0 saturated heterocycles. The van der Waals surface area contributed by atoms with Gasteiger partial charge in [-0.2, -0.15) is 0 Å². The van der Waals surface area contributed by atoms with Crippen molar-refractivity contribution in [1.29, 1.82) is 0 Å². The maximum Gasteiger partial charge on any atom is 0.271 e. The van der Waals surface area contributed by atoms with Gasteiger partial charge >= 0.3 is 0 Å². The molecule has 8 nitrogen and oxygen atoms in total. The zero-order valence-corrected chi connectivity index (χ0v) is 19.3. The average Bonchev–Trinajstić information content (AvgIpc) is 3.35. The maximum atomic E-state index is 12.5.